The van der Waals surface area contributed by atoms with E-state index in [1.54, 1.807) is 21.6 Å². The lowest BCUT2D eigenvalue weighted by molar-refractivity contribution is 0.0697. The highest BCUT2D eigenvalue weighted by atomic mass is 16.4. The number of aromatic carboxylic acids is 1. The third-order valence-electron chi connectivity index (χ3n) is 3.07. The molecule has 0 radical (unpaired) electrons. The van der Waals surface area contributed by atoms with Crippen molar-refractivity contribution in [3.05, 3.63) is 66.1 Å². The molecule has 3 rings (SSSR count). The van der Waals surface area contributed by atoms with Crippen molar-refractivity contribution in [2.24, 2.45) is 0 Å². The Labute approximate surface area is 115 Å². The first-order valence-corrected chi connectivity index (χ1v) is 6.18. The van der Waals surface area contributed by atoms with Gasteiger partial charge in [0.25, 0.3) is 0 Å². The largest absolute Gasteiger partial charge is 0.477 e. The number of rotatable bonds is 3. The van der Waals surface area contributed by atoms with E-state index in [-0.39, 0.29) is 5.56 Å². The van der Waals surface area contributed by atoms with Crippen LogP contribution in [0.4, 0.5) is 0 Å². The van der Waals surface area contributed by atoms with Gasteiger partial charge < -0.3 is 9.67 Å². The SMILES string of the molecule is Cc1cccc(-n2ncc(C(=O)O)c2-n2cccc2)c1. The van der Waals surface area contributed by atoms with Crippen molar-refractivity contribution < 1.29 is 9.90 Å². The fourth-order valence-electron chi connectivity index (χ4n) is 2.17. The van der Waals surface area contributed by atoms with Crippen molar-refractivity contribution in [1.82, 2.24) is 14.3 Å². The molecule has 2 aromatic heterocycles. The summed E-state index contributed by atoms with van der Waals surface area (Å²) in [6.45, 7) is 1.99. The van der Waals surface area contributed by atoms with Gasteiger partial charge in [-0.05, 0) is 36.8 Å². The predicted molar refractivity (Wildman–Crippen MR) is 74.6 cm³/mol. The molecular weight excluding hydrogens is 254 g/mol. The average molecular weight is 267 g/mol. The monoisotopic (exact) mass is 267 g/mol. The zero-order valence-electron chi connectivity index (χ0n) is 10.9. The molecule has 0 aliphatic carbocycles. The molecule has 0 aliphatic heterocycles. The van der Waals surface area contributed by atoms with Gasteiger partial charge >= 0.3 is 5.97 Å². The van der Waals surface area contributed by atoms with Gasteiger partial charge in [0, 0.05) is 12.4 Å². The van der Waals surface area contributed by atoms with E-state index in [9.17, 15) is 9.90 Å². The summed E-state index contributed by atoms with van der Waals surface area (Å²) in [7, 11) is 0. The minimum Gasteiger partial charge on any atom is -0.477 e. The van der Waals surface area contributed by atoms with Gasteiger partial charge in [-0.2, -0.15) is 5.10 Å². The third kappa shape index (κ3) is 1.99. The van der Waals surface area contributed by atoms with Crippen LogP contribution < -0.4 is 0 Å². The van der Waals surface area contributed by atoms with Gasteiger partial charge in [-0.3, -0.25) is 0 Å². The minimum absolute atomic E-state index is 0.169. The molecule has 1 N–H and O–H groups in total. The second-order valence-electron chi connectivity index (χ2n) is 4.53. The summed E-state index contributed by atoms with van der Waals surface area (Å²) in [6.07, 6.45) is 4.98. The molecule has 0 unspecified atom stereocenters. The maximum atomic E-state index is 11.4. The van der Waals surface area contributed by atoms with Crippen LogP contribution >= 0.6 is 0 Å². The normalized spacial score (nSPS) is 10.7. The molecule has 0 bridgehead atoms. The molecule has 0 aliphatic rings. The van der Waals surface area contributed by atoms with E-state index in [0.717, 1.165) is 11.3 Å². The molecule has 5 heteroatoms. The van der Waals surface area contributed by atoms with Gasteiger partial charge in [0.05, 0.1) is 11.9 Å². The highest BCUT2D eigenvalue weighted by molar-refractivity contribution is 5.91. The van der Waals surface area contributed by atoms with Gasteiger partial charge in [0.15, 0.2) is 5.82 Å². The molecule has 0 spiro atoms. The van der Waals surface area contributed by atoms with Crippen LogP contribution in [-0.4, -0.2) is 25.4 Å². The van der Waals surface area contributed by atoms with E-state index in [1.165, 1.54) is 6.20 Å². The fourth-order valence-corrected chi connectivity index (χ4v) is 2.17. The Kier molecular flexibility index (Phi) is 2.87. The zero-order chi connectivity index (χ0) is 14.1. The Bertz CT molecular complexity index is 757. The van der Waals surface area contributed by atoms with E-state index in [0.29, 0.717) is 5.82 Å². The number of hydrogen-bond acceptors (Lipinski definition) is 2. The first-order valence-electron chi connectivity index (χ1n) is 6.18. The number of benzene rings is 1. The van der Waals surface area contributed by atoms with Crippen LogP contribution in [-0.2, 0) is 0 Å². The van der Waals surface area contributed by atoms with Crippen molar-refractivity contribution in [3.8, 4) is 11.5 Å². The summed E-state index contributed by atoms with van der Waals surface area (Å²) in [6, 6.07) is 11.5. The Balaban J connectivity index is 2.24. The molecule has 5 nitrogen and oxygen atoms in total. The second kappa shape index (κ2) is 4.70. The fraction of sp³-hybridized carbons (Fsp3) is 0.0667. The number of aryl methyl sites for hydroxylation is 1. The molecule has 100 valence electrons. The summed E-state index contributed by atoms with van der Waals surface area (Å²) in [5.41, 5.74) is 2.09. The van der Waals surface area contributed by atoms with Crippen molar-refractivity contribution in [2.75, 3.05) is 0 Å². The van der Waals surface area contributed by atoms with Gasteiger partial charge in [-0.1, -0.05) is 12.1 Å². The lowest BCUT2D eigenvalue weighted by Crippen LogP contribution is -2.08. The third-order valence-corrected chi connectivity index (χ3v) is 3.07. The molecule has 2 heterocycles. The van der Waals surface area contributed by atoms with E-state index in [2.05, 4.69) is 5.10 Å². The smallest absolute Gasteiger partial charge is 0.341 e. The van der Waals surface area contributed by atoms with Crippen LogP contribution in [0.5, 0.6) is 0 Å². The van der Waals surface area contributed by atoms with Gasteiger partial charge in [0.1, 0.15) is 5.56 Å². The van der Waals surface area contributed by atoms with Gasteiger partial charge in [0.2, 0.25) is 0 Å². The Morgan fingerprint density at radius 1 is 1.20 bits per heavy atom. The lowest BCUT2D eigenvalue weighted by atomic mass is 10.2. The first-order chi connectivity index (χ1) is 9.66. The number of carboxylic acid groups (broad SMARTS) is 1. The van der Waals surface area contributed by atoms with Crippen molar-refractivity contribution in [3.63, 3.8) is 0 Å². The molecule has 0 amide bonds. The maximum absolute atomic E-state index is 11.4. The number of carboxylic acids is 1. The number of aromatic nitrogens is 3. The molecule has 0 saturated heterocycles. The number of carbonyl (C=O) groups is 1. The van der Waals surface area contributed by atoms with Crippen LogP contribution in [0.2, 0.25) is 0 Å². The summed E-state index contributed by atoms with van der Waals surface area (Å²) in [5.74, 6) is -0.472. The van der Waals surface area contributed by atoms with Crippen LogP contribution in [0.15, 0.2) is 55.0 Å². The van der Waals surface area contributed by atoms with Crippen molar-refractivity contribution >= 4 is 5.97 Å². The molecule has 0 atom stereocenters. The van der Waals surface area contributed by atoms with Crippen LogP contribution in [0.1, 0.15) is 15.9 Å². The van der Waals surface area contributed by atoms with Gasteiger partial charge in [-0.15, -0.1) is 0 Å². The van der Waals surface area contributed by atoms with Crippen LogP contribution in [0, 0.1) is 6.92 Å². The highest BCUT2D eigenvalue weighted by Crippen LogP contribution is 2.20. The van der Waals surface area contributed by atoms with Gasteiger partial charge in [-0.25, -0.2) is 9.48 Å². The second-order valence-corrected chi connectivity index (χ2v) is 4.53. The van der Waals surface area contributed by atoms with E-state index in [4.69, 9.17) is 0 Å². The minimum atomic E-state index is -0.993. The van der Waals surface area contributed by atoms with Crippen LogP contribution in [0.3, 0.4) is 0 Å². The molecule has 0 saturated carbocycles. The van der Waals surface area contributed by atoms with Crippen molar-refractivity contribution in [1.29, 1.82) is 0 Å². The molecule has 1 aromatic carbocycles. The molecular formula is C15H13N3O2. The first kappa shape index (κ1) is 12.2. The summed E-state index contributed by atoms with van der Waals surface area (Å²) in [4.78, 5) is 11.4. The van der Waals surface area contributed by atoms with E-state index < -0.39 is 5.97 Å². The molecule has 0 fully saturated rings. The van der Waals surface area contributed by atoms with E-state index in [1.807, 2.05) is 43.3 Å². The molecule has 3 aromatic rings. The van der Waals surface area contributed by atoms with Crippen LogP contribution in [0.25, 0.3) is 11.5 Å². The maximum Gasteiger partial charge on any atom is 0.341 e. The van der Waals surface area contributed by atoms with Crippen molar-refractivity contribution in [2.45, 2.75) is 6.92 Å². The topological polar surface area (TPSA) is 60.1 Å². The predicted octanol–water partition coefficient (Wildman–Crippen LogP) is 2.67. The Hall–Kier alpha value is -2.82. The highest BCUT2D eigenvalue weighted by Gasteiger charge is 2.18. The lowest BCUT2D eigenvalue weighted by Gasteiger charge is -2.10. The molecule has 20 heavy (non-hydrogen) atoms. The standard InChI is InChI=1S/C15H13N3O2/c1-11-5-4-6-12(9-11)18-14(17-7-2-3-8-17)13(10-16-18)15(19)20/h2-10H,1H3,(H,19,20). The average Bonchev–Trinajstić information content (AvgIpc) is 3.07. The Morgan fingerprint density at radius 3 is 2.60 bits per heavy atom. The van der Waals surface area contributed by atoms with E-state index >= 15 is 0 Å². The quantitative estimate of drug-likeness (QED) is 0.793. The zero-order valence-corrected chi connectivity index (χ0v) is 10.9. The number of hydrogen-bond donors (Lipinski definition) is 1. The summed E-state index contributed by atoms with van der Waals surface area (Å²) in [5, 5.41) is 13.5. The summed E-state index contributed by atoms with van der Waals surface area (Å²) >= 11 is 0. The summed E-state index contributed by atoms with van der Waals surface area (Å²) < 4.78 is 3.38. The Morgan fingerprint density at radius 2 is 1.95 bits per heavy atom. The number of nitrogens with zero attached hydrogens (tertiary/aromatic N) is 3.